The molecule has 1 nitrogen and oxygen atoms in total. The quantitative estimate of drug-likeness (QED) is 0.755. The minimum atomic E-state index is 0.453. The number of hydrogen-bond donors (Lipinski definition) is 1. The summed E-state index contributed by atoms with van der Waals surface area (Å²) in [5, 5.41) is 0. The number of hydrogen-bond acceptors (Lipinski definition) is 1. The van der Waals surface area contributed by atoms with Crippen molar-refractivity contribution in [3.05, 3.63) is 0 Å². The summed E-state index contributed by atoms with van der Waals surface area (Å²) in [4.78, 5) is 0. The lowest BCUT2D eigenvalue weighted by Crippen LogP contribution is -2.60. The summed E-state index contributed by atoms with van der Waals surface area (Å²) in [6.07, 6.45) is 9.88. The van der Waals surface area contributed by atoms with E-state index >= 15 is 0 Å². The van der Waals surface area contributed by atoms with E-state index in [9.17, 15) is 0 Å². The first-order valence-electron chi connectivity index (χ1n) is 7.14. The molecule has 4 bridgehead atoms. The molecule has 4 aliphatic carbocycles. The fraction of sp³-hybridized carbons (Fsp3) is 1.00. The Morgan fingerprint density at radius 2 is 1.62 bits per heavy atom. The van der Waals surface area contributed by atoms with E-state index in [2.05, 4.69) is 20.8 Å². The predicted octanol–water partition coefficient (Wildman–Crippen LogP) is 3.72. The average Bonchev–Trinajstić information content (AvgIpc) is 2.10. The van der Waals surface area contributed by atoms with Gasteiger partial charge in [0, 0.05) is 6.04 Å². The second kappa shape index (κ2) is 3.04. The molecule has 3 atom stereocenters. The first-order valence-corrected chi connectivity index (χ1v) is 7.14. The van der Waals surface area contributed by atoms with Gasteiger partial charge in [-0.25, -0.2) is 0 Å². The summed E-state index contributed by atoms with van der Waals surface area (Å²) in [6, 6.07) is 0.453. The zero-order chi connectivity index (χ0) is 11.6. The van der Waals surface area contributed by atoms with Crippen molar-refractivity contribution in [3.8, 4) is 0 Å². The first kappa shape index (κ1) is 11.1. The molecule has 0 aromatic rings. The summed E-state index contributed by atoms with van der Waals surface area (Å²) in [5.74, 6) is 0.990. The van der Waals surface area contributed by atoms with E-state index in [4.69, 9.17) is 5.73 Å². The predicted molar refractivity (Wildman–Crippen MR) is 68.1 cm³/mol. The molecule has 0 aromatic heterocycles. The van der Waals surface area contributed by atoms with Crippen LogP contribution >= 0.6 is 0 Å². The molecule has 92 valence electrons. The van der Waals surface area contributed by atoms with Gasteiger partial charge in [0.1, 0.15) is 0 Å². The molecular formula is C15H27N. The van der Waals surface area contributed by atoms with Gasteiger partial charge < -0.3 is 5.73 Å². The fourth-order valence-electron chi connectivity index (χ4n) is 6.38. The molecule has 0 heterocycles. The van der Waals surface area contributed by atoms with Crippen LogP contribution in [0.3, 0.4) is 0 Å². The summed E-state index contributed by atoms with van der Waals surface area (Å²) in [5.41, 5.74) is 8.25. The highest BCUT2D eigenvalue weighted by Gasteiger charge is 2.61. The zero-order valence-corrected chi connectivity index (χ0v) is 11.2. The summed E-state index contributed by atoms with van der Waals surface area (Å²) >= 11 is 0. The molecule has 4 fully saturated rings. The molecular weight excluding hydrogens is 194 g/mol. The topological polar surface area (TPSA) is 26.0 Å². The maximum atomic E-state index is 6.49. The molecule has 0 radical (unpaired) electrons. The molecule has 2 N–H and O–H groups in total. The Morgan fingerprint density at radius 1 is 1.06 bits per heavy atom. The number of nitrogens with two attached hydrogens (primary N) is 1. The van der Waals surface area contributed by atoms with Gasteiger partial charge in [0.05, 0.1) is 0 Å². The van der Waals surface area contributed by atoms with Crippen LogP contribution in [0.5, 0.6) is 0 Å². The molecule has 16 heavy (non-hydrogen) atoms. The molecule has 0 aliphatic heterocycles. The highest BCUT2D eigenvalue weighted by Crippen LogP contribution is 2.70. The summed E-state index contributed by atoms with van der Waals surface area (Å²) in [6.45, 7) is 7.34. The van der Waals surface area contributed by atoms with E-state index < -0.39 is 0 Å². The smallest absolute Gasteiger partial charge is 0.00934 e. The Morgan fingerprint density at radius 3 is 2.06 bits per heavy atom. The number of rotatable bonds is 2. The van der Waals surface area contributed by atoms with E-state index in [-0.39, 0.29) is 0 Å². The second-order valence-corrected chi connectivity index (χ2v) is 8.01. The molecule has 2 unspecified atom stereocenters. The molecule has 0 saturated heterocycles. The largest absolute Gasteiger partial charge is 0.327 e. The van der Waals surface area contributed by atoms with Gasteiger partial charge in [-0.2, -0.15) is 0 Å². The molecule has 0 spiro atoms. The molecule has 4 saturated carbocycles. The maximum Gasteiger partial charge on any atom is 0.00934 e. The van der Waals surface area contributed by atoms with Crippen molar-refractivity contribution in [1.29, 1.82) is 0 Å². The van der Waals surface area contributed by atoms with Crippen LogP contribution in [0.1, 0.15) is 65.7 Å². The van der Waals surface area contributed by atoms with Crippen LogP contribution in [-0.4, -0.2) is 6.04 Å². The first-order chi connectivity index (χ1) is 7.39. The van der Waals surface area contributed by atoms with Crippen molar-refractivity contribution < 1.29 is 0 Å². The highest BCUT2D eigenvalue weighted by atomic mass is 14.8. The van der Waals surface area contributed by atoms with Crippen LogP contribution in [0.2, 0.25) is 0 Å². The van der Waals surface area contributed by atoms with E-state index in [0.29, 0.717) is 22.3 Å². The zero-order valence-electron chi connectivity index (χ0n) is 11.2. The molecule has 4 aliphatic rings. The van der Waals surface area contributed by atoms with Gasteiger partial charge in [-0.05, 0) is 67.1 Å². The van der Waals surface area contributed by atoms with E-state index in [1.165, 1.54) is 44.9 Å². The average molecular weight is 221 g/mol. The van der Waals surface area contributed by atoms with Crippen LogP contribution in [0.15, 0.2) is 0 Å². The highest BCUT2D eigenvalue weighted by molar-refractivity contribution is 5.12. The van der Waals surface area contributed by atoms with E-state index in [1.807, 2.05) is 0 Å². The summed E-state index contributed by atoms with van der Waals surface area (Å²) < 4.78 is 0. The lowest BCUT2D eigenvalue weighted by Gasteiger charge is -2.67. The Hall–Kier alpha value is -0.0400. The SMILES string of the molecule is CC[C@@H](N)C12CC3CC(C)(CC(C)(C3)C1)C2. The van der Waals surface area contributed by atoms with Crippen molar-refractivity contribution in [2.75, 3.05) is 0 Å². The van der Waals surface area contributed by atoms with Gasteiger partial charge in [0.25, 0.3) is 0 Å². The van der Waals surface area contributed by atoms with Crippen LogP contribution in [0.4, 0.5) is 0 Å². The van der Waals surface area contributed by atoms with Crippen LogP contribution in [0.25, 0.3) is 0 Å². The Kier molecular flexibility index (Phi) is 2.11. The molecule has 4 rings (SSSR count). The Balaban J connectivity index is 1.98. The molecule has 0 amide bonds. The van der Waals surface area contributed by atoms with Gasteiger partial charge in [0.2, 0.25) is 0 Å². The minimum Gasteiger partial charge on any atom is -0.327 e. The van der Waals surface area contributed by atoms with Crippen LogP contribution in [0, 0.1) is 22.2 Å². The summed E-state index contributed by atoms with van der Waals surface area (Å²) in [7, 11) is 0. The fourth-order valence-corrected chi connectivity index (χ4v) is 6.38. The van der Waals surface area contributed by atoms with Gasteiger partial charge in [-0.3, -0.25) is 0 Å². The monoisotopic (exact) mass is 221 g/mol. The Labute approximate surface area is 100 Å². The van der Waals surface area contributed by atoms with Crippen molar-refractivity contribution in [1.82, 2.24) is 0 Å². The van der Waals surface area contributed by atoms with Crippen molar-refractivity contribution in [2.24, 2.45) is 27.9 Å². The lowest BCUT2D eigenvalue weighted by atomic mass is 9.39. The normalized spacial score (nSPS) is 56.6. The third-order valence-corrected chi connectivity index (χ3v) is 5.90. The van der Waals surface area contributed by atoms with Gasteiger partial charge >= 0.3 is 0 Å². The second-order valence-electron chi connectivity index (χ2n) is 8.01. The van der Waals surface area contributed by atoms with Gasteiger partial charge in [0.15, 0.2) is 0 Å². The maximum absolute atomic E-state index is 6.49. The van der Waals surface area contributed by atoms with Crippen molar-refractivity contribution >= 4 is 0 Å². The standard InChI is InChI=1S/C15H27N/c1-4-12(16)15-7-11-5-13(2,9-15)8-14(3,6-11)10-15/h11-12H,4-10,16H2,1-3H3/t11?,12-,13?,14?,15?/m1/s1. The van der Waals surface area contributed by atoms with Crippen LogP contribution in [-0.2, 0) is 0 Å². The van der Waals surface area contributed by atoms with Crippen molar-refractivity contribution in [2.45, 2.75) is 71.8 Å². The van der Waals surface area contributed by atoms with E-state index in [1.54, 1.807) is 0 Å². The van der Waals surface area contributed by atoms with Gasteiger partial charge in [-0.15, -0.1) is 0 Å². The van der Waals surface area contributed by atoms with Crippen molar-refractivity contribution in [3.63, 3.8) is 0 Å². The lowest BCUT2D eigenvalue weighted by molar-refractivity contribution is -0.153. The Bertz CT molecular complexity index is 291. The minimum absolute atomic E-state index is 0.453. The van der Waals surface area contributed by atoms with Crippen LogP contribution < -0.4 is 5.73 Å². The molecule has 1 heteroatoms. The third kappa shape index (κ3) is 1.40. The van der Waals surface area contributed by atoms with Gasteiger partial charge in [-0.1, -0.05) is 20.8 Å². The van der Waals surface area contributed by atoms with E-state index in [0.717, 1.165) is 5.92 Å². The molecule has 0 aromatic carbocycles. The third-order valence-electron chi connectivity index (χ3n) is 5.90.